The summed E-state index contributed by atoms with van der Waals surface area (Å²) in [5.74, 6) is -0.670. The molecule has 0 saturated heterocycles. The normalized spacial score (nSPS) is 10.2. The van der Waals surface area contributed by atoms with Gasteiger partial charge in [0, 0.05) is 11.4 Å². The van der Waals surface area contributed by atoms with Gasteiger partial charge >= 0.3 is 5.97 Å². The Bertz CT molecular complexity index is 994. The molecule has 0 bridgehead atoms. The average Bonchev–Trinajstić information content (AvgIpc) is 2.71. The Kier molecular flexibility index (Phi) is 5.69. The van der Waals surface area contributed by atoms with Gasteiger partial charge in [-0.05, 0) is 55.3 Å². The molecule has 0 aliphatic carbocycles. The number of esters is 1. The van der Waals surface area contributed by atoms with Crippen LogP contribution in [-0.4, -0.2) is 24.0 Å². The number of rotatable bonds is 5. The van der Waals surface area contributed by atoms with E-state index in [-0.39, 0.29) is 5.91 Å². The number of pyridine rings is 1. The molecule has 0 saturated carbocycles. The average molecular weight is 375 g/mol. The van der Waals surface area contributed by atoms with E-state index >= 15 is 0 Å². The molecule has 142 valence electrons. The van der Waals surface area contributed by atoms with E-state index in [1.165, 1.54) is 7.11 Å². The van der Waals surface area contributed by atoms with Crippen molar-refractivity contribution in [3.63, 3.8) is 0 Å². The molecule has 0 fully saturated rings. The van der Waals surface area contributed by atoms with E-state index in [0.29, 0.717) is 16.9 Å². The maximum Gasteiger partial charge on any atom is 0.337 e. The van der Waals surface area contributed by atoms with Crippen LogP contribution in [0.5, 0.6) is 0 Å². The van der Waals surface area contributed by atoms with Crippen molar-refractivity contribution in [3.05, 3.63) is 83.2 Å². The van der Waals surface area contributed by atoms with Gasteiger partial charge in [-0.25, -0.2) is 9.78 Å². The molecule has 2 aromatic carbocycles. The number of benzene rings is 2. The molecule has 6 heteroatoms. The third kappa shape index (κ3) is 4.35. The van der Waals surface area contributed by atoms with E-state index in [4.69, 9.17) is 4.74 Å². The molecule has 2 N–H and O–H groups in total. The van der Waals surface area contributed by atoms with Crippen molar-refractivity contribution in [3.8, 4) is 0 Å². The number of carbonyl (C=O) groups excluding carboxylic acids is 2. The number of nitrogens with zero attached hydrogens (tertiary/aromatic N) is 1. The molecule has 1 heterocycles. The summed E-state index contributed by atoms with van der Waals surface area (Å²) in [7, 11) is 1.34. The second-order valence-corrected chi connectivity index (χ2v) is 6.35. The fourth-order valence-electron chi connectivity index (χ4n) is 2.80. The molecule has 0 unspecified atom stereocenters. The largest absolute Gasteiger partial charge is 0.465 e. The Morgan fingerprint density at radius 1 is 0.929 bits per heavy atom. The first kappa shape index (κ1) is 19.1. The second-order valence-electron chi connectivity index (χ2n) is 6.35. The number of amides is 1. The number of hydrogen-bond acceptors (Lipinski definition) is 5. The van der Waals surface area contributed by atoms with E-state index in [0.717, 1.165) is 22.5 Å². The van der Waals surface area contributed by atoms with Crippen molar-refractivity contribution >= 4 is 28.9 Å². The van der Waals surface area contributed by atoms with Gasteiger partial charge in [0.2, 0.25) is 0 Å². The molecule has 0 radical (unpaired) electrons. The molecule has 3 rings (SSSR count). The highest BCUT2D eigenvalue weighted by Crippen LogP contribution is 2.21. The Morgan fingerprint density at radius 3 is 2.29 bits per heavy atom. The van der Waals surface area contributed by atoms with Crippen LogP contribution in [-0.2, 0) is 4.74 Å². The molecule has 28 heavy (non-hydrogen) atoms. The quantitative estimate of drug-likeness (QED) is 0.643. The minimum atomic E-state index is -0.403. The fourth-order valence-corrected chi connectivity index (χ4v) is 2.80. The lowest BCUT2D eigenvalue weighted by atomic mass is 10.1. The van der Waals surface area contributed by atoms with Crippen LogP contribution in [0.25, 0.3) is 0 Å². The Hall–Kier alpha value is -3.67. The number of hydrogen-bond donors (Lipinski definition) is 2. The summed E-state index contributed by atoms with van der Waals surface area (Å²) < 4.78 is 4.73. The maximum atomic E-state index is 12.5. The van der Waals surface area contributed by atoms with Gasteiger partial charge in [0.15, 0.2) is 0 Å². The predicted molar refractivity (Wildman–Crippen MR) is 109 cm³/mol. The van der Waals surface area contributed by atoms with Crippen LogP contribution in [0.3, 0.4) is 0 Å². The highest BCUT2D eigenvalue weighted by molar-refractivity contribution is 6.03. The van der Waals surface area contributed by atoms with E-state index in [9.17, 15) is 9.59 Å². The summed E-state index contributed by atoms with van der Waals surface area (Å²) >= 11 is 0. The number of methoxy groups -OCH3 is 1. The fraction of sp³-hybridized carbons (Fsp3) is 0.136. The Morgan fingerprint density at radius 2 is 1.64 bits per heavy atom. The first-order valence-corrected chi connectivity index (χ1v) is 8.77. The van der Waals surface area contributed by atoms with Crippen molar-refractivity contribution in [1.82, 2.24) is 4.98 Å². The van der Waals surface area contributed by atoms with Crippen LogP contribution in [0.2, 0.25) is 0 Å². The van der Waals surface area contributed by atoms with Crippen molar-refractivity contribution in [1.29, 1.82) is 0 Å². The second kappa shape index (κ2) is 8.35. The zero-order chi connectivity index (χ0) is 20.1. The summed E-state index contributed by atoms with van der Waals surface area (Å²) in [5.41, 5.74) is 4.98. The van der Waals surface area contributed by atoms with E-state index in [2.05, 4.69) is 15.6 Å². The molecule has 0 aliphatic heterocycles. The summed E-state index contributed by atoms with van der Waals surface area (Å²) in [6.07, 6.45) is 1.57. The van der Waals surface area contributed by atoms with Crippen LogP contribution >= 0.6 is 0 Å². The summed E-state index contributed by atoms with van der Waals surface area (Å²) in [4.78, 5) is 28.4. The van der Waals surface area contributed by atoms with Crippen LogP contribution in [0.4, 0.5) is 17.1 Å². The minimum absolute atomic E-state index is 0.267. The van der Waals surface area contributed by atoms with Crippen molar-refractivity contribution in [2.24, 2.45) is 0 Å². The van der Waals surface area contributed by atoms with Crippen LogP contribution in [0, 0.1) is 13.8 Å². The van der Waals surface area contributed by atoms with E-state index in [1.54, 1.807) is 36.5 Å². The summed E-state index contributed by atoms with van der Waals surface area (Å²) in [6, 6.07) is 16.2. The SMILES string of the molecule is COC(=O)c1cccc(Nc2ccc(C(=O)Nc3c(C)cccc3C)nc2)c1. The molecule has 0 spiro atoms. The Balaban J connectivity index is 1.71. The third-order valence-electron chi connectivity index (χ3n) is 4.29. The molecular formula is C22H21N3O3. The van der Waals surface area contributed by atoms with Gasteiger partial charge in [0.25, 0.3) is 5.91 Å². The highest BCUT2D eigenvalue weighted by atomic mass is 16.5. The van der Waals surface area contributed by atoms with Gasteiger partial charge < -0.3 is 15.4 Å². The zero-order valence-corrected chi connectivity index (χ0v) is 15.9. The monoisotopic (exact) mass is 375 g/mol. The lowest BCUT2D eigenvalue weighted by Crippen LogP contribution is -2.15. The van der Waals surface area contributed by atoms with Crippen LogP contribution < -0.4 is 10.6 Å². The number of ether oxygens (including phenoxy) is 1. The third-order valence-corrected chi connectivity index (χ3v) is 4.29. The number of aromatic nitrogens is 1. The predicted octanol–water partition coefficient (Wildman–Crippen LogP) is 4.48. The van der Waals surface area contributed by atoms with Crippen LogP contribution in [0.15, 0.2) is 60.8 Å². The van der Waals surface area contributed by atoms with Gasteiger partial charge in [0.05, 0.1) is 24.6 Å². The van der Waals surface area contributed by atoms with Gasteiger partial charge in [-0.15, -0.1) is 0 Å². The van der Waals surface area contributed by atoms with Gasteiger partial charge in [-0.1, -0.05) is 24.3 Å². The lowest BCUT2D eigenvalue weighted by molar-refractivity contribution is 0.0600. The minimum Gasteiger partial charge on any atom is -0.465 e. The number of anilines is 3. The van der Waals surface area contributed by atoms with Crippen LogP contribution in [0.1, 0.15) is 32.0 Å². The number of aryl methyl sites for hydroxylation is 2. The van der Waals surface area contributed by atoms with Gasteiger partial charge in [-0.3, -0.25) is 4.79 Å². The van der Waals surface area contributed by atoms with Crippen molar-refractivity contribution < 1.29 is 14.3 Å². The van der Waals surface area contributed by atoms with E-state index < -0.39 is 5.97 Å². The summed E-state index contributed by atoms with van der Waals surface area (Å²) in [6.45, 7) is 3.90. The number of para-hydroxylation sites is 1. The standard InChI is InChI=1S/C22H21N3O3/c1-14-6-4-7-15(2)20(14)25-21(26)19-11-10-18(13-23-19)24-17-9-5-8-16(12-17)22(27)28-3/h4-13,24H,1-3H3,(H,25,26). The van der Waals surface area contributed by atoms with Crippen molar-refractivity contribution in [2.45, 2.75) is 13.8 Å². The van der Waals surface area contributed by atoms with Gasteiger partial charge in [-0.2, -0.15) is 0 Å². The molecule has 6 nitrogen and oxygen atoms in total. The molecule has 1 amide bonds. The topological polar surface area (TPSA) is 80.3 Å². The molecule has 0 aliphatic rings. The molecule has 0 atom stereocenters. The van der Waals surface area contributed by atoms with Crippen molar-refractivity contribution in [2.75, 3.05) is 17.7 Å². The maximum absolute atomic E-state index is 12.5. The van der Waals surface area contributed by atoms with E-state index in [1.807, 2.05) is 38.1 Å². The first-order chi connectivity index (χ1) is 13.5. The smallest absolute Gasteiger partial charge is 0.337 e. The first-order valence-electron chi connectivity index (χ1n) is 8.77. The molecule has 1 aromatic heterocycles. The number of carbonyl (C=O) groups is 2. The van der Waals surface area contributed by atoms with Gasteiger partial charge in [0.1, 0.15) is 5.69 Å². The zero-order valence-electron chi connectivity index (χ0n) is 15.9. The molecular weight excluding hydrogens is 354 g/mol. The molecule has 3 aromatic rings. The lowest BCUT2D eigenvalue weighted by Gasteiger charge is -2.11. The summed E-state index contributed by atoms with van der Waals surface area (Å²) in [5, 5.41) is 6.07. The Labute approximate surface area is 163 Å². The highest BCUT2D eigenvalue weighted by Gasteiger charge is 2.11. The number of nitrogens with one attached hydrogen (secondary N) is 2.